The summed E-state index contributed by atoms with van der Waals surface area (Å²) in [5, 5.41) is 18.3. The molecule has 0 saturated carbocycles. The molecule has 98 valence electrons. The fraction of sp³-hybridized carbons (Fsp3) is 0.273. The molecule has 1 N–H and O–H groups in total. The van der Waals surface area contributed by atoms with Gasteiger partial charge in [-0.05, 0) is 19.1 Å². The molecule has 2 aromatic heterocycles. The topological polar surface area (TPSA) is 90.8 Å². The van der Waals surface area contributed by atoms with Gasteiger partial charge in [0.25, 0.3) is 5.70 Å². The van der Waals surface area contributed by atoms with Gasteiger partial charge >= 0.3 is 0 Å². The van der Waals surface area contributed by atoms with Crippen molar-refractivity contribution < 1.29 is 4.92 Å². The van der Waals surface area contributed by atoms with E-state index in [4.69, 9.17) is 0 Å². The SMILES string of the molecule is Cc1nc2n(n1)C(c1cccn1C)C([N+](=O)[O-])=CN2. The van der Waals surface area contributed by atoms with Gasteiger partial charge in [-0.25, -0.2) is 4.68 Å². The van der Waals surface area contributed by atoms with Crippen LogP contribution in [0.1, 0.15) is 17.6 Å². The van der Waals surface area contributed by atoms with Crippen LogP contribution in [-0.2, 0) is 7.05 Å². The highest BCUT2D eigenvalue weighted by Crippen LogP contribution is 2.31. The molecule has 0 amide bonds. The summed E-state index contributed by atoms with van der Waals surface area (Å²) in [6.07, 6.45) is 3.22. The second-order valence-corrected chi connectivity index (χ2v) is 4.34. The number of anilines is 1. The fourth-order valence-electron chi connectivity index (χ4n) is 2.24. The van der Waals surface area contributed by atoms with Gasteiger partial charge in [0.15, 0.2) is 6.04 Å². The third kappa shape index (κ3) is 1.68. The maximum atomic E-state index is 11.2. The molecule has 1 unspecified atom stereocenters. The predicted octanol–water partition coefficient (Wildman–Crippen LogP) is 1.06. The predicted molar refractivity (Wildman–Crippen MR) is 67.0 cm³/mol. The van der Waals surface area contributed by atoms with Gasteiger partial charge in [0, 0.05) is 13.2 Å². The van der Waals surface area contributed by atoms with E-state index >= 15 is 0 Å². The lowest BCUT2D eigenvalue weighted by atomic mass is 10.1. The lowest BCUT2D eigenvalue weighted by Gasteiger charge is -2.21. The van der Waals surface area contributed by atoms with Crippen molar-refractivity contribution in [3.63, 3.8) is 0 Å². The van der Waals surface area contributed by atoms with Crippen LogP contribution >= 0.6 is 0 Å². The van der Waals surface area contributed by atoms with Crippen LogP contribution in [0, 0.1) is 17.0 Å². The van der Waals surface area contributed by atoms with Crippen molar-refractivity contribution in [2.45, 2.75) is 13.0 Å². The molecule has 0 aromatic carbocycles. The first-order chi connectivity index (χ1) is 9.08. The molecular formula is C11H12N6O2. The Kier molecular flexibility index (Phi) is 2.37. The lowest BCUT2D eigenvalue weighted by molar-refractivity contribution is -0.431. The summed E-state index contributed by atoms with van der Waals surface area (Å²) in [4.78, 5) is 15.0. The summed E-state index contributed by atoms with van der Waals surface area (Å²) in [7, 11) is 1.85. The minimum atomic E-state index is -0.576. The summed E-state index contributed by atoms with van der Waals surface area (Å²) >= 11 is 0. The standard InChI is InChI=1S/C11H12N6O2/c1-7-13-11-12-6-9(17(18)19)10(16(11)14-7)8-4-3-5-15(8)2/h3-6,10H,1-2H3,(H,12,13,14). The number of hydrogen-bond donors (Lipinski definition) is 1. The molecule has 1 aliphatic rings. The molecule has 19 heavy (non-hydrogen) atoms. The molecular weight excluding hydrogens is 248 g/mol. The van der Waals surface area contributed by atoms with Gasteiger partial charge in [-0.3, -0.25) is 10.1 Å². The molecule has 1 aliphatic heterocycles. The summed E-state index contributed by atoms with van der Waals surface area (Å²) in [6, 6.07) is 3.11. The second kappa shape index (κ2) is 3.94. The van der Waals surface area contributed by atoms with Gasteiger partial charge in [-0.2, -0.15) is 10.1 Å². The van der Waals surface area contributed by atoms with Crippen molar-refractivity contribution in [1.29, 1.82) is 0 Å². The van der Waals surface area contributed by atoms with E-state index in [1.165, 1.54) is 6.20 Å². The number of hydrogen-bond acceptors (Lipinski definition) is 5. The number of allylic oxidation sites excluding steroid dienone is 1. The molecule has 0 radical (unpaired) electrons. The molecule has 0 saturated heterocycles. The van der Waals surface area contributed by atoms with E-state index in [-0.39, 0.29) is 5.70 Å². The van der Waals surface area contributed by atoms with Gasteiger partial charge in [0.2, 0.25) is 5.95 Å². The van der Waals surface area contributed by atoms with Crippen molar-refractivity contribution >= 4 is 5.95 Å². The quantitative estimate of drug-likeness (QED) is 0.644. The third-order valence-electron chi connectivity index (χ3n) is 3.09. The van der Waals surface area contributed by atoms with E-state index in [1.54, 1.807) is 11.6 Å². The first-order valence-corrected chi connectivity index (χ1v) is 5.73. The number of rotatable bonds is 2. The van der Waals surface area contributed by atoms with Crippen molar-refractivity contribution in [2.75, 3.05) is 5.32 Å². The van der Waals surface area contributed by atoms with E-state index in [0.717, 1.165) is 5.69 Å². The van der Waals surface area contributed by atoms with Crippen LogP contribution in [0.15, 0.2) is 30.2 Å². The highest BCUT2D eigenvalue weighted by atomic mass is 16.6. The van der Waals surface area contributed by atoms with Gasteiger partial charge in [-0.1, -0.05) is 0 Å². The summed E-state index contributed by atoms with van der Waals surface area (Å²) in [5.74, 6) is 1.08. The Morgan fingerprint density at radius 1 is 1.53 bits per heavy atom. The van der Waals surface area contributed by atoms with Crippen molar-refractivity contribution in [3.8, 4) is 0 Å². The van der Waals surface area contributed by atoms with Gasteiger partial charge in [-0.15, -0.1) is 0 Å². The Bertz CT molecular complexity index is 683. The van der Waals surface area contributed by atoms with Gasteiger partial charge < -0.3 is 9.88 Å². The van der Waals surface area contributed by atoms with Crippen LogP contribution in [0.4, 0.5) is 5.95 Å². The molecule has 8 heteroatoms. The van der Waals surface area contributed by atoms with Crippen LogP contribution in [0.5, 0.6) is 0 Å². The average molecular weight is 260 g/mol. The molecule has 3 rings (SSSR count). The lowest BCUT2D eigenvalue weighted by Crippen LogP contribution is -2.27. The van der Waals surface area contributed by atoms with Crippen LogP contribution in [0.2, 0.25) is 0 Å². The Hall–Kier alpha value is -2.64. The highest BCUT2D eigenvalue weighted by Gasteiger charge is 2.36. The number of aryl methyl sites for hydroxylation is 2. The molecule has 8 nitrogen and oxygen atoms in total. The average Bonchev–Trinajstić information content (AvgIpc) is 2.92. The van der Waals surface area contributed by atoms with Crippen molar-refractivity contribution in [3.05, 3.63) is 51.9 Å². The van der Waals surface area contributed by atoms with Crippen LogP contribution in [0.25, 0.3) is 0 Å². The van der Waals surface area contributed by atoms with E-state index in [9.17, 15) is 10.1 Å². The Morgan fingerprint density at radius 3 is 2.95 bits per heavy atom. The zero-order chi connectivity index (χ0) is 13.6. The number of aromatic nitrogens is 4. The van der Waals surface area contributed by atoms with Crippen LogP contribution in [-0.4, -0.2) is 24.3 Å². The number of nitrogens with zero attached hydrogens (tertiary/aromatic N) is 5. The number of fused-ring (bicyclic) bond motifs is 1. The van der Waals surface area contributed by atoms with Gasteiger partial charge in [0.05, 0.1) is 16.8 Å². The molecule has 0 aliphatic carbocycles. The van der Waals surface area contributed by atoms with E-state index in [2.05, 4.69) is 15.4 Å². The smallest absolute Gasteiger partial charge is 0.292 e. The largest absolute Gasteiger partial charge is 0.352 e. The number of nitrogens with one attached hydrogen (secondary N) is 1. The second-order valence-electron chi connectivity index (χ2n) is 4.34. The fourth-order valence-corrected chi connectivity index (χ4v) is 2.24. The monoisotopic (exact) mass is 260 g/mol. The third-order valence-corrected chi connectivity index (χ3v) is 3.09. The molecule has 0 spiro atoms. The summed E-state index contributed by atoms with van der Waals surface area (Å²) in [5.41, 5.74) is 0.829. The minimum Gasteiger partial charge on any atom is -0.352 e. The van der Waals surface area contributed by atoms with Crippen molar-refractivity contribution in [1.82, 2.24) is 19.3 Å². The molecule has 2 aromatic rings. The van der Waals surface area contributed by atoms with E-state index < -0.39 is 11.0 Å². The minimum absolute atomic E-state index is 0.0409. The summed E-state index contributed by atoms with van der Waals surface area (Å²) < 4.78 is 3.39. The first kappa shape index (κ1) is 11.5. The van der Waals surface area contributed by atoms with E-state index in [1.807, 2.05) is 29.9 Å². The Morgan fingerprint density at radius 2 is 2.32 bits per heavy atom. The zero-order valence-electron chi connectivity index (χ0n) is 10.4. The first-order valence-electron chi connectivity index (χ1n) is 5.73. The molecule has 0 fully saturated rings. The van der Waals surface area contributed by atoms with E-state index in [0.29, 0.717) is 11.8 Å². The summed E-state index contributed by atoms with van der Waals surface area (Å²) in [6.45, 7) is 1.75. The van der Waals surface area contributed by atoms with Gasteiger partial charge in [0.1, 0.15) is 5.82 Å². The number of nitro groups is 1. The van der Waals surface area contributed by atoms with Crippen LogP contribution < -0.4 is 5.32 Å². The highest BCUT2D eigenvalue weighted by molar-refractivity contribution is 5.39. The maximum absolute atomic E-state index is 11.2. The normalized spacial score (nSPS) is 17.6. The molecule has 1 atom stereocenters. The maximum Gasteiger partial charge on any atom is 0.292 e. The van der Waals surface area contributed by atoms with Crippen molar-refractivity contribution in [2.24, 2.45) is 7.05 Å². The molecule has 0 bridgehead atoms. The Labute approximate surface area is 108 Å². The Balaban J connectivity index is 2.19. The van der Waals surface area contributed by atoms with Crippen LogP contribution in [0.3, 0.4) is 0 Å². The molecule has 3 heterocycles. The zero-order valence-corrected chi connectivity index (χ0v) is 10.4.